The van der Waals surface area contributed by atoms with E-state index in [0.717, 1.165) is 26.6 Å². The zero-order chi connectivity index (χ0) is 19.9. The van der Waals surface area contributed by atoms with Gasteiger partial charge < -0.3 is 4.90 Å². The number of carbonyl (C=O) groups is 1. The van der Waals surface area contributed by atoms with Crippen LogP contribution < -0.4 is 4.90 Å². The van der Waals surface area contributed by atoms with E-state index in [0.29, 0.717) is 25.9 Å². The Kier molecular flexibility index (Phi) is 5.66. The highest BCUT2D eigenvalue weighted by Crippen LogP contribution is 2.33. The molecule has 0 unspecified atom stereocenters. The molecular formula is C20H20Br2N2O3S. The Hall–Kier alpha value is -1.22. The Morgan fingerprint density at radius 3 is 2.46 bits per heavy atom. The van der Waals surface area contributed by atoms with Gasteiger partial charge >= 0.3 is 0 Å². The van der Waals surface area contributed by atoms with Crippen LogP contribution in [0.3, 0.4) is 0 Å². The summed E-state index contributed by atoms with van der Waals surface area (Å²) in [5.41, 5.74) is 2.10. The first-order valence-corrected chi connectivity index (χ1v) is 12.2. The standard InChI is InChI=1S/C20H20Br2N2O3S/c21-16-3-6-18(7-4-16)28(26,27)23-10-1-2-15(13-23)20(25)24-11-9-14-12-17(22)5-8-19(14)24/h3-8,12,15H,1-2,9-11,13H2/t15-/m0/s1. The van der Waals surface area contributed by atoms with Crippen LogP contribution in [0.25, 0.3) is 0 Å². The summed E-state index contributed by atoms with van der Waals surface area (Å²) >= 11 is 6.81. The van der Waals surface area contributed by atoms with E-state index >= 15 is 0 Å². The molecule has 0 saturated carbocycles. The molecular weight excluding hydrogens is 508 g/mol. The number of halogens is 2. The summed E-state index contributed by atoms with van der Waals surface area (Å²) in [6, 6.07) is 12.6. The minimum absolute atomic E-state index is 0.0248. The minimum atomic E-state index is -3.60. The monoisotopic (exact) mass is 526 g/mol. The van der Waals surface area contributed by atoms with Crippen molar-refractivity contribution in [3.05, 3.63) is 57.0 Å². The molecule has 2 aromatic rings. The minimum Gasteiger partial charge on any atom is -0.312 e. The molecule has 28 heavy (non-hydrogen) atoms. The van der Waals surface area contributed by atoms with Crippen LogP contribution in [0.15, 0.2) is 56.3 Å². The van der Waals surface area contributed by atoms with E-state index < -0.39 is 10.0 Å². The van der Waals surface area contributed by atoms with Crippen molar-refractivity contribution in [2.24, 2.45) is 5.92 Å². The predicted molar refractivity (Wildman–Crippen MR) is 116 cm³/mol. The lowest BCUT2D eigenvalue weighted by Gasteiger charge is -2.33. The van der Waals surface area contributed by atoms with E-state index in [9.17, 15) is 13.2 Å². The van der Waals surface area contributed by atoms with Crippen molar-refractivity contribution in [1.82, 2.24) is 4.31 Å². The molecule has 1 fully saturated rings. The molecule has 0 aliphatic carbocycles. The van der Waals surface area contributed by atoms with Crippen molar-refractivity contribution in [2.75, 3.05) is 24.5 Å². The molecule has 1 amide bonds. The molecule has 1 atom stereocenters. The maximum absolute atomic E-state index is 13.2. The molecule has 8 heteroatoms. The molecule has 0 bridgehead atoms. The number of rotatable bonds is 3. The molecule has 4 rings (SSSR count). The van der Waals surface area contributed by atoms with Crippen molar-refractivity contribution in [3.63, 3.8) is 0 Å². The topological polar surface area (TPSA) is 57.7 Å². The molecule has 0 aromatic heterocycles. The second-order valence-corrected chi connectivity index (χ2v) is 10.9. The Bertz CT molecular complexity index is 1010. The third-order valence-corrected chi connectivity index (χ3v) is 8.29. The Morgan fingerprint density at radius 2 is 1.71 bits per heavy atom. The van der Waals surface area contributed by atoms with Gasteiger partial charge in [-0.25, -0.2) is 8.42 Å². The molecule has 0 radical (unpaired) electrons. The normalized spacial score (nSPS) is 20.2. The number of amides is 1. The Morgan fingerprint density at radius 1 is 1.00 bits per heavy atom. The summed E-state index contributed by atoms with van der Waals surface area (Å²) < 4.78 is 29.3. The fourth-order valence-electron chi connectivity index (χ4n) is 3.94. The Labute approximate surface area is 182 Å². The first-order chi connectivity index (χ1) is 13.4. The average Bonchev–Trinajstić information content (AvgIpc) is 3.10. The highest BCUT2D eigenvalue weighted by molar-refractivity contribution is 9.10. The number of sulfonamides is 1. The molecule has 1 saturated heterocycles. The van der Waals surface area contributed by atoms with Crippen LogP contribution in [0.5, 0.6) is 0 Å². The number of benzene rings is 2. The van der Waals surface area contributed by atoms with Gasteiger partial charge in [0.25, 0.3) is 0 Å². The van der Waals surface area contributed by atoms with Gasteiger partial charge in [-0.2, -0.15) is 4.31 Å². The van der Waals surface area contributed by atoms with Crippen molar-refractivity contribution < 1.29 is 13.2 Å². The third kappa shape index (κ3) is 3.79. The predicted octanol–water partition coefficient (Wildman–Crippen LogP) is 4.20. The van der Waals surface area contributed by atoms with Crippen LogP contribution in [0, 0.1) is 5.92 Å². The van der Waals surface area contributed by atoms with Crippen molar-refractivity contribution in [3.8, 4) is 0 Å². The number of hydrogen-bond donors (Lipinski definition) is 0. The number of fused-ring (bicyclic) bond motifs is 1. The molecule has 148 valence electrons. The van der Waals surface area contributed by atoms with Gasteiger partial charge in [-0.3, -0.25) is 4.79 Å². The zero-order valence-electron chi connectivity index (χ0n) is 15.1. The summed E-state index contributed by atoms with van der Waals surface area (Å²) in [5.74, 6) is -0.287. The molecule has 0 spiro atoms. The summed E-state index contributed by atoms with van der Waals surface area (Å²) in [5, 5.41) is 0. The SMILES string of the molecule is O=C([C@H]1CCCN(S(=O)(=O)c2ccc(Br)cc2)C1)N1CCc2cc(Br)ccc21. The maximum atomic E-state index is 13.2. The smallest absolute Gasteiger partial charge is 0.243 e. The number of carbonyl (C=O) groups excluding carboxylic acids is 1. The largest absolute Gasteiger partial charge is 0.312 e. The van der Waals surface area contributed by atoms with Gasteiger partial charge in [-0.15, -0.1) is 0 Å². The second kappa shape index (κ2) is 7.89. The molecule has 2 aliphatic heterocycles. The first kappa shape index (κ1) is 20.1. The first-order valence-electron chi connectivity index (χ1n) is 9.22. The van der Waals surface area contributed by atoms with E-state index in [1.165, 1.54) is 4.31 Å². The summed E-state index contributed by atoms with van der Waals surface area (Å²) in [7, 11) is -3.60. The molecule has 2 heterocycles. The van der Waals surface area contributed by atoms with Crippen LogP contribution in [0.4, 0.5) is 5.69 Å². The second-order valence-electron chi connectivity index (χ2n) is 7.17. The van der Waals surface area contributed by atoms with Crippen LogP contribution >= 0.6 is 31.9 Å². The van der Waals surface area contributed by atoms with Crippen molar-refractivity contribution in [1.29, 1.82) is 0 Å². The highest BCUT2D eigenvalue weighted by atomic mass is 79.9. The highest BCUT2D eigenvalue weighted by Gasteiger charge is 2.37. The lowest BCUT2D eigenvalue weighted by Crippen LogP contribution is -2.46. The third-order valence-electron chi connectivity index (χ3n) is 5.39. The average molecular weight is 528 g/mol. The number of anilines is 1. The number of nitrogens with zero attached hydrogens (tertiary/aromatic N) is 2. The van der Waals surface area contributed by atoms with Crippen LogP contribution in [-0.4, -0.2) is 38.3 Å². The van der Waals surface area contributed by atoms with Gasteiger partial charge in [0.2, 0.25) is 15.9 Å². The fourth-order valence-corrected chi connectivity index (χ4v) is 6.13. The van der Waals surface area contributed by atoms with E-state index in [-0.39, 0.29) is 23.3 Å². The van der Waals surface area contributed by atoms with E-state index in [2.05, 4.69) is 31.9 Å². The van der Waals surface area contributed by atoms with Crippen molar-refractivity contribution in [2.45, 2.75) is 24.2 Å². The lowest BCUT2D eigenvalue weighted by atomic mass is 9.98. The van der Waals surface area contributed by atoms with E-state index in [1.807, 2.05) is 23.1 Å². The fraction of sp³-hybridized carbons (Fsp3) is 0.350. The van der Waals surface area contributed by atoms with Crippen LogP contribution in [-0.2, 0) is 21.2 Å². The number of hydrogen-bond acceptors (Lipinski definition) is 3. The zero-order valence-corrected chi connectivity index (χ0v) is 19.1. The van der Waals surface area contributed by atoms with E-state index in [4.69, 9.17) is 0 Å². The molecule has 5 nitrogen and oxygen atoms in total. The van der Waals surface area contributed by atoms with Gasteiger partial charge in [0.15, 0.2) is 0 Å². The summed E-state index contributed by atoms with van der Waals surface area (Å²) in [6.45, 7) is 1.34. The summed E-state index contributed by atoms with van der Waals surface area (Å²) in [4.78, 5) is 15.3. The van der Waals surface area contributed by atoms with Gasteiger partial charge in [-0.05, 0) is 67.3 Å². The Balaban J connectivity index is 1.53. The van der Waals surface area contributed by atoms with Gasteiger partial charge in [0, 0.05) is 34.3 Å². The van der Waals surface area contributed by atoms with Gasteiger partial charge in [0.05, 0.1) is 10.8 Å². The number of piperidine rings is 1. The van der Waals surface area contributed by atoms with Crippen LogP contribution in [0.1, 0.15) is 18.4 Å². The summed E-state index contributed by atoms with van der Waals surface area (Å²) in [6.07, 6.45) is 2.23. The van der Waals surface area contributed by atoms with Gasteiger partial charge in [-0.1, -0.05) is 31.9 Å². The molecule has 0 N–H and O–H groups in total. The van der Waals surface area contributed by atoms with E-state index in [1.54, 1.807) is 24.3 Å². The lowest BCUT2D eigenvalue weighted by molar-refractivity contribution is -0.123. The quantitative estimate of drug-likeness (QED) is 0.601. The maximum Gasteiger partial charge on any atom is 0.243 e. The molecule has 2 aromatic carbocycles. The molecule has 2 aliphatic rings. The van der Waals surface area contributed by atoms with Crippen molar-refractivity contribution >= 4 is 53.5 Å². The van der Waals surface area contributed by atoms with Crippen LogP contribution in [0.2, 0.25) is 0 Å². The van der Waals surface area contributed by atoms with Gasteiger partial charge in [0.1, 0.15) is 0 Å².